The molecule has 0 radical (unpaired) electrons. The molecule has 23 heavy (non-hydrogen) atoms. The summed E-state index contributed by atoms with van der Waals surface area (Å²) >= 11 is 0. The van der Waals surface area contributed by atoms with E-state index in [-0.39, 0.29) is 0 Å². The summed E-state index contributed by atoms with van der Waals surface area (Å²) in [6.45, 7) is 2.86. The van der Waals surface area contributed by atoms with Crippen LogP contribution >= 0.6 is 0 Å². The standard InChI is InChI=1S/C18H19N3O2/c1-2-14-10-9-13-6-3-4-7-15(13)21(14)12-17-19-20-18(23-17)16-8-5-11-22-16/h3-8,11,14H,2,9-10,12H2,1H3. The molecule has 118 valence electrons. The third-order valence-electron chi connectivity index (χ3n) is 4.46. The van der Waals surface area contributed by atoms with E-state index >= 15 is 0 Å². The monoisotopic (exact) mass is 309 g/mol. The van der Waals surface area contributed by atoms with Crippen molar-refractivity contribution < 1.29 is 8.83 Å². The van der Waals surface area contributed by atoms with Crippen LogP contribution < -0.4 is 4.90 Å². The summed E-state index contributed by atoms with van der Waals surface area (Å²) in [5.74, 6) is 1.66. The molecule has 0 spiro atoms. The van der Waals surface area contributed by atoms with Gasteiger partial charge in [-0.05, 0) is 43.0 Å². The van der Waals surface area contributed by atoms with Crippen LogP contribution in [0, 0.1) is 0 Å². The molecule has 1 atom stereocenters. The molecule has 0 fully saturated rings. The predicted molar refractivity (Wildman–Crippen MR) is 87.0 cm³/mol. The number of aromatic nitrogens is 2. The minimum Gasteiger partial charge on any atom is -0.459 e. The topological polar surface area (TPSA) is 55.3 Å². The maximum atomic E-state index is 5.78. The minimum atomic E-state index is 0.434. The van der Waals surface area contributed by atoms with Crippen LogP contribution in [0.25, 0.3) is 11.7 Å². The van der Waals surface area contributed by atoms with Gasteiger partial charge in [0.05, 0.1) is 12.8 Å². The molecule has 5 nitrogen and oxygen atoms in total. The Morgan fingerprint density at radius 3 is 2.91 bits per heavy atom. The van der Waals surface area contributed by atoms with Gasteiger partial charge in [-0.15, -0.1) is 10.2 Å². The highest BCUT2D eigenvalue weighted by Crippen LogP contribution is 2.33. The molecular formula is C18H19N3O2. The number of rotatable bonds is 4. The molecule has 1 aromatic carbocycles. The highest BCUT2D eigenvalue weighted by atomic mass is 16.4. The summed E-state index contributed by atoms with van der Waals surface area (Å²) in [4.78, 5) is 2.39. The lowest BCUT2D eigenvalue weighted by atomic mass is 9.94. The van der Waals surface area contributed by atoms with Crippen molar-refractivity contribution in [3.05, 3.63) is 54.1 Å². The van der Waals surface area contributed by atoms with Crippen LogP contribution in [-0.4, -0.2) is 16.2 Å². The van der Waals surface area contributed by atoms with Crippen molar-refractivity contribution in [3.8, 4) is 11.7 Å². The van der Waals surface area contributed by atoms with Crippen LogP contribution in [0.2, 0.25) is 0 Å². The summed E-state index contributed by atoms with van der Waals surface area (Å²) in [5.41, 5.74) is 2.67. The average molecular weight is 309 g/mol. The summed E-state index contributed by atoms with van der Waals surface area (Å²) in [6, 6.07) is 12.7. The zero-order chi connectivity index (χ0) is 15.6. The van der Waals surface area contributed by atoms with Gasteiger partial charge < -0.3 is 13.7 Å². The number of fused-ring (bicyclic) bond motifs is 1. The number of furan rings is 1. The fraction of sp³-hybridized carbons (Fsp3) is 0.333. The maximum Gasteiger partial charge on any atom is 0.283 e. The Balaban J connectivity index is 1.62. The van der Waals surface area contributed by atoms with E-state index in [2.05, 4.69) is 46.3 Å². The summed E-state index contributed by atoms with van der Waals surface area (Å²) in [6.07, 6.45) is 5.00. The van der Waals surface area contributed by atoms with Crippen molar-refractivity contribution in [2.45, 2.75) is 38.8 Å². The lowest BCUT2D eigenvalue weighted by Crippen LogP contribution is -2.38. The Bertz CT molecular complexity index is 779. The minimum absolute atomic E-state index is 0.434. The van der Waals surface area contributed by atoms with Crippen LogP contribution in [0.1, 0.15) is 31.2 Å². The Hall–Kier alpha value is -2.56. The first-order valence-electron chi connectivity index (χ1n) is 8.06. The van der Waals surface area contributed by atoms with Gasteiger partial charge in [-0.3, -0.25) is 0 Å². The first-order valence-corrected chi connectivity index (χ1v) is 8.06. The molecule has 2 aromatic heterocycles. The molecular weight excluding hydrogens is 290 g/mol. The molecule has 1 aliphatic rings. The second-order valence-electron chi connectivity index (χ2n) is 5.84. The van der Waals surface area contributed by atoms with E-state index in [9.17, 15) is 0 Å². The van der Waals surface area contributed by atoms with E-state index in [1.807, 2.05) is 12.1 Å². The van der Waals surface area contributed by atoms with Gasteiger partial charge in [0, 0.05) is 11.7 Å². The van der Waals surface area contributed by atoms with Crippen LogP contribution in [0.3, 0.4) is 0 Å². The lowest BCUT2D eigenvalue weighted by molar-refractivity contribution is 0.443. The van der Waals surface area contributed by atoms with Gasteiger partial charge in [0.2, 0.25) is 5.89 Å². The van der Waals surface area contributed by atoms with E-state index in [0.717, 1.165) is 19.3 Å². The molecule has 5 heteroatoms. The van der Waals surface area contributed by atoms with Crippen molar-refractivity contribution in [1.29, 1.82) is 0 Å². The number of benzene rings is 1. The molecule has 0 aliphatic carbocycles. The SMILES string of the molecule is CCC1CCc2ccccc2N1Cc1nnc(-c2ccco2)o1. The zero-order valence-corrected chi connectivity index (χ0v) is 13.1. The van der Waals surface area contributed by atoms with E-state index in [1.54, 1.807) is 6.26 Å². The van der Waals surface area contributed by atoms with Crippen LogP contribution in [0.5, 0.6) is 0 Å². The third-order valence-corrected chi connectivity index (χ3v) is 4.46. The van der Waals surface area contributed by atoms with E-state index in [1.165, 1.54) is 11.3 Å². The molecule has 1 aliphatic heterocycles. The number of aryl methyl sites for hydroxylation is 1. The molecule has 0 N–H and O–H groups in total. The number of nitrogens with zero attached hydrogens (tertiary/aromatic N) is 3. The van der Waals surface area contributed by atoms with Crippen molar-refractivity contribution in [3.63, 3.8) is 0 Å². The van der Waals surface area contributed by atoms with E-state index < -0.39 is 0 Å². The second-order valence-corrected chi connectivity index (χ2v) is 5.84. The van der Waals surface area contributed by atoms with Gasteiger partial charge in [-0.1, -0.05) is 25.1 Å². The van der Waals surface area contributed by atoms with Crippen molar-refractivity contribution in [1.82, 2.24) is 10.2 Å². The molecule has 3 aromatic rings. The Morgan fingerprint density at radius 2 is 2.09 bits per heavy atom. The number of anilines is 1. The highest BCUT2D eigenvalue weighted by molar-refractivity contribution is 5.56. The molecule has 4 rings (SSSR count). The van der Waals surface area contributed by atoms with Crippen molar-refractivity contribution >= 4 is 5.69 Å². The van der Waals surface area contributed by atoms with Gasteiger partial charge in [0.1, 0.15) is 0 Å². The van der Waals surface area contributed by atoms with Crippen LogP contribution in [-0.2, 0) is 13.0 Å². The van der Waals surface area contributed by atoms with Crippen LogP contribution in [0.15, 0.2) is 51.5 Å². The fourth-order valence-electron chi connectivity index (χ4n) is 3.28. The normalized spacial score (nSPS) is 17.3. The molecule has 0 saturated carbocycles. The quantitative estimate of drug-likeness (QED) is 0.727. The first kappa shape index (κ1) is 14.1. The van der Waals surface area contributed by atoms with Crippen LogP contribution in [0.4, 0.5) is 5.69 Å². The molecule has 0 amide bonds. The fourth-order valence-corrected chi connectivity index (χ4v) is 3.28. The number of hydrogen-bond acceptors (Lipinski definition) is 5. The first-order chi connectivity index (χ1) is 11.3. The molecule has 0 saturated heterocycles. The zero-order valence-electron chi connectivity index (χ0n) is 13.1. The van der Waals surface area contributed by atoms with E-state index in [0.29, 0.717) is 30.1 Å². The van der Waals surface area contributed by atoms with Crippen molar-refractivity contribution in [2.24, 2.45) is 0 Å². The van der Waals surface area contributed by atoms with Gasteiger partial charge in [-0.25, -0.2) is 0 Å². The third kappa shape index (κ3) is 2.63. The molecule has 0 bridgehead atoms. The molecule has 3 heterocycles. The summed E-state index contributed by atoms with van der Waals surface area (Å²) < 4.78 is 11.1. The van der Waals surface area contributed by atoms with E-state index in [4.69, 9.17) is 8.83 Å². The van der Waals surface area contributed by atoms with Gasteiger partial charge in [0.15, 0.2) is 5.76 Å². The molecule has 1 unspecified atom stereocenters. The summed E-state index contributed by atoms with van der Waals surface area (Å²) in [7, 11) is 0. The second kappa shape index (κ2) is 5.91. The van der Waals surface area contributed by atoms with Crippen molar-refractivity contribution in [2.75, 3.05) is 4.90 Å². The Labute approximate surface area is 134 Å². The predicted octanol–water partition coefficient (Wildman–Crippen LogP) is 4.06. The largest absolute Gasteiger partial charge is 0.459 e. The smallest absolute Gasteiger partial charge is 0.283 e. The Kier molecular flexibility index (Phi) is 3.61. The number of para-hydroxylation sites is 1. The summed E-state index contributed by atoms with van der Waals surface area (Å²) in [5, 5.41) is 8.28. The number of hydrogen-bond donors (Lipinski definition) is 0. The van der Waals surface area contributed by atoms with Gasteiger partial charge >= 0.3 is 0 Å². The average Bonchev–Trinajstić information content (AvgIpc) is 3.26. The highest BCUT2D eigenvalue weighted by Gasteiger charge is 2.26. The maximum absolute atomic E-state index is 5.78. The Morgan fingerprint density at radius 1 is 1.17 bits per heavy atom. The van der Waals surface area contributed by atoms with Gasteiger partial charge in [0.25, 0.3) is 5.89 Å². The lowest BCUT2D eigenvalue weighted by Gasteiger charge is -2.37. The van der Waals surface area contributed by atoms with Gasteiger partial charge in [-0.2, -0.15) is 0 Å².